The molecule has 0 radical (unpaired) electrons. The third-order valence-corrected chi connectivity index (χ3v) is 1.52. The molecule has 0 fully saturated rings. The van der Waals surface area contributed by atoms with E-state index in [1.807, 2.05) is 17.8 Å². The second kappa shape index (κ2) is 2.40. The highest BCUT2D eigenvalue weighted by Gasteiger charge is 2.06. The van der Waals surface area contributed by atoms with Crippen molar-refractivity contribution in [2.75, 3.05) is 0 Å². The van der Waals surface area contributed by atoms with Gasteiger partial charge in [-0.25, -0.2) is 9.55 Å². The molecule has 0 aliphatic rings. The summed E-state index contributed by atoms with van der Waals surface area (Å²) in [6, 6.07) is 0. The maximum Gasteiger partial charge on any atom is 0.254 e. The zero-order chi connectivity index (χ0) is 6.85. The van der Waals surface area contributed by atoms with Gasteiger partial charge >= 0.3 is 0 Å². The Kier molecular flexibility index (Phi) is 1.76. The van der Waals surface area contributed by atoms with Crippen molar-refractivity contribution in [2.45, 2.75) is 13.3 Å². The molecule has 1 aromatic heterocycles. The highest BCUT2D eigenvalue weighted by molar-refractivity contribution is 6.29. The summed E-state index contributed by atoms with van der Waals surface area (Å²) in [4.78, 5) is 3.02. The largest absolute Gasteiger partial charge is 0.254 e. The van der Waals surface area contributed by atoms with Crippen LogP contribution in [0.25, 0.3) is 0 Å². The molecule has 0 aliphatic carbocycles. The fourth-order valence-electron chi connectivity index (χ4n) is 0.844. The Morgan fingerprint density at radius 1 is 1.78 bits per heavy atom. The van der Waals surface area contributed by atoms with Gasteiger partial charge in [0.25, 0.3) is 5.82 Å². The van der Waals surface area contributed by atoms with Gasteiger partial charge in [0.05, 0.1) is 7.05 Å². The second-order valence-corrected chi connectivity index (χ2v) is 2.42. The summed E-state index contributed by atoms with van der Waals surface area (Å²) in [5.41, 5.74) is 0. The van der Waals surface area contributed by atoms with Gasteiger partial charge in [-0.3, -0.25) is 0 Å². The standard InChI is InChI=1S/C6H9ClN2/c1-3-6-8-5(7)4-9(6)2/h4H,3H2,1-2H3/p+1. The molecule has 3 heteroatoms. The quantitative estimate of drug-likeness (QED) is 0.571. The summed E-state index contributed by atoms with van der Waals surface area (Å²) in [5.74, 6) is 1.15. The molecule has 0 saturated carbocycles. The average molecular weight is 146 g/mol. The van der Waals surface area contributed by atoms with Crippen LogP contribution >= 0.6 is 11.6 Å². The van der Waals surface area contributed by atoms with Gasteiger partial charge in [-0.1, -0.05) is 6.92 Å². The van der Waals surface area contributed by atoms with E-state index in [0.29, 0.717) is 5.15 Å². The highest BCUT2D eigenvalue weighted by Crippen LogP contribution is 2.00. The number of aromatic nitrogens is 2. The van der Waals surface area contributed by atoms with E-state index in [1.165, 1.54) is 0 Å². The summed E-state index contributed by atoms with van der Waals surface area (Å²) < 4.78 is 1.99. The average Bonchev–Trinajstić information content (AvgIpc) is 2.10. The van der Waals surface area contributed by atoms with Crippen molar-refractivity contribution in [1.29, 1.82) is 0 Å². The number of rotatable bonds is 1. The lowest BCUT2D eigenvalue weighted by molar-refractivity contribution is -0.677. The minimum atomic E-state index is 0.703. The monoisotopic (exact) mass is 145 g/mol. The number of aromatic amines is 1. The zero-order valence-corrected chi connectivity index (χ0v) is 6.37. The molecule has 1 N–H and O–H groups in total. The maximum atomic E-state index is 5.67. The maximum absolute atomic E-state index is 5.67. The highest BCUT2D eigenvalue weighted by atomic mass is 35.5. The van der Waals surface area contributed by atoms with Crippen LogP contribution in [0.4, 0.5) is 0 Å². The first kappa shape index (κ1) is 6.62. The number of hydrogen-bond acceptors (Lipinski definition) is 0. The van der Waals surface area contributed by atoms with Crippen molar-refractivity contribution in [3.8, 4) is 0 Å². The van der Waals surface area contributed by atoms with Gasteiger partial charge in [0.2, 0.25) is 5.15 Å². The fourth-order valence-corrected chi connectivity index (χ4v) is 1.10. The number of imidazole rings is 1. The summed E-state index contributed by atoms with van der Waals surface area (Å²) in [6.07, 6.45) is 2.85. The van der Waals surface area contributed by atoms with Crippen LogP contribution in [0.5, 0.6) is 0 Å². The molecule has 1 rings (SSSR count). The topological polar surface area (TPSA) is 19.7 Å². The Bertz CT molecular complexity index is 205. The van der Waals surface area contributed by atoms with Gasteiger partial charge in [-0.05, 0) is 11.6 Å². The Morgan fingerprint density at radius 2 is 2.44 bits per heavy atom. The van der Waals surface area contributed by atoms with E-state index in [1.54, 1.807) is 0 Å². The first-order valence-electron chi connectivity index (χ1n) is 2.97. The Morgan fingerprint density at radius 3 is 2.67 bits per heavy atom. The first-order valence-corrected chi connectivity index (χ1v) is 3.35. The molecule has 0 bridgehead atoms. The molecule has 0 saturated heterocycles. The summed E-state index contributed by atoms with van der Waals surface area (Å²) in [5, 5.41) is 0.703. The number of nitrogens with one attached hydrogen (secondary N) is 1. The van der Waals surface area contributed by atoms with Crippen LogP contribution in [0.2, 0.25) is 5.15 Å². The third-order valence-electron chi connectivity index (χ3n) is 1.33. The van der Waals surface area contributed by atoms with Gasteiger partial charge in [-0.2, -0.15) is 0 Å². The van der Waals surface area contributed by atoms with Crippen molar-refractivity contribution in [3.05, 3.63) is 17.2 Å². The Hall–Kier alpha value is -0.500. The molecular weight excluding hydrogens is 136 g/mol. The molecule has 0 amide bonds. The van der Waals surface area contributed by atoms with Crippen LogP contribution in [0.1, 0.15) is 12.7 Å². The van der Waals surface area contributed by atoms with Gasteiger partial charge in [-0.15, -0.1) is 0 Å². The molecule has 1 aromatic rings. The zero-order valence-electron chi connectivity index (χ0n) is 5.61. The molecule has 1 heterocycles. The second-order valence-electron chi connectivity index (χ2n) is 2.01. The van der Waals surface area contributed by atoms with Gasteiger partial charge in [0.15, 0.2) is 0 Å². The number of H-pyrrole nitrogens is 1. The number of nitrogens with zero attached hydrogens (tertiary/aromatic N) is 1. The minimum Gasteiger partial charge on any atom is -0.235 e. The predicted octanol–water partition coefficient (Wildman–Crippen LogP) is 1.05. The number of halogens is 1. The smallest absolute Gasteiger partial charge is 0.235 e. The molecule has 0 unspecified atom stereocenters. The Labute approximate surface area is 59.5 Å². The van der Waals surface area contributed by atoms with Gasteiger partial charge in [0.1, 0.15) is 6.20 Å². The minimum absolute atomic E-state index is 0.703. The molecule has 0 aliphatic heterocycles. The van der Waals surface area contributed by atoms with Crippen molar-refractivity contribution in [3.63, 3.8) is 0 Å². The summed E-state index contributed by atoms with van der Waals surface area (Å²) in [7, 11) is 1.97. The van der Waals surface area contributed by atoms with Crippen LogP contribution in [0.3, 0.4) is 0 Å². The number of hydrogen-bond donors (Lipinski definition) is 1. The van der Waals surface area contributed by atoms with Crippen LogP contribution < -0.4 is 4.57 Å². The molecule has 0 aromatic carbocycles. The van der Waals surface area contributed by atoms with E-state index in [0.717, 1.165) is 12.2 Å². The predicted molar refractivity (Wildman–Crippen MR) is 36.4 cm³/mol. The van der Waals surface area contributed by atoms with Crippen LogP contribution in [0, 0.1) is 0 Å². The van der Waals surface area contributed by atoms with E-state index < -0.39 is 0 Å². The van der Waals surface area contributed by atoms with Gasteiger partial charge in [0, 0.05) is 6.42 Å². The van der Waals surface area contributed by atoms with Gasteiger partial charge < -0.3 is 0 Å². The normalized spacial score (nSPS) is 10.1. The third kappa shape index (κ3) is 1.24. The van der Waals surface area contributed by atoms with E-state index >= 15 is 0 Å². The van der Waals surface area contributed by atoms with Crippen molar-refractivity contribution in [2.24, 2.45) is 7.05 Å². The van der Waals surface area contributed by atoms with Crippen LogP contribution in [-0.4, -0.2) is 4.98 Å². The van der Waals surface area contributed by atoms with Crippen molar-refractivity contribution in [1.82, 2.24) is 4.98 Å². The van der Waals surface area contributed by atoms with E-state index in [9.17, 15) is 0 Å². The van der Waals surface area contributed by atoms with Crippen LogP contribution in [-0.2, 0) is 13.5 Å². The van der Waals surface area contributed by atoms with Crippen LogP contribution in [0.15, 0.2) is 6.20 Å². The van der Waals surface area contributed by atoms with E-state index in [4.69, 9.17) is 11.6 Å². The van der Waals surface area contributed by atoms with E-state index in [-0.39, 0.29) is 0 Å². The van der Waals surface area contributed by atoms with Crippen molar-refractivity contribution < 1.29 is 4.57 Å². The molecule has 9 heavy (non-hydrogen) atoms. The lowest BCUT2D eigenvalue weighted by Crippen LogP contribution is -2.29. The molecule has 50 valence electrons. The molecule has 2 nitrogen and oxygen atoms in total. The molecule has 0 atom stereocenters. The molecule has 0 spiro atoms. The number of aryl methyl sites for hydroxylation is 2. The summed E-state index contributed by atoms with van der Waals surface area (Å²) >= 11 is 5.67. The lowest BCUT2D eigenvalue weighted by atomic mass is 10.5. The van der Waals surface area contributed by atoms with E-state index in [2.05, 4.69) is 11.9 Å². The van der Waals surface area contributed by atoms with Crippen molar-refractivity contribution >= 4 is 11.6 Å². The fraction of sp³-hybridized carbons (Fsp3) is 0.500. The summed E-state index contributed by atoms with van der Waals surface area (Å²) in [6.45, 7) is 2.09. The first-order chi connectivity index (χ1) is 4.24. The lowest BCUT2D eigenvalue weighted by Gasteiger charge is -1.83. The Balaban J connectivity index is 3.01. The SMILES string of the molecule is CCc1[nH]c(Cl)c[n+]1C. The molecular formula is C6H10ClN2+.